The second-order valence-electron chi connectivity index (χ2n) is 7.69. The van der Waals surface area contributed by atoms with E-state index in [1.165, 1.54) is 12.1 Å². The first kappa shape index (κ1) is 19.7. The number of hydrogen-bond acceptors (Lipinski definition) is 4. The van der Waals surface area contributed by atoms with E-state index < -0.39 is 15.7 Å². The van der Waals surface area contributed by atoms with Crippen molar-refractivity contribution in [3.63, 3.8) is 0 Å². The van der Waals surface area contributed by atoms with Gasteiger partial charge in [-0.25, -0.2) is 4.79 Å². The van der Waals surface area contributed by atoms with Crippen molar-refractivity contribution in [2.75, 3.05) is 0 Å². The van der Waals surface area contributed by atoms with Gasteiger partial charge in [0.25, 0.3) is 10.1 Å². The smallest absolute Gasteiger partial charge is 0.407 e. The predicted molar refractivity (Wildman–Crippen MR) is 95.1 cm³/mol. The van der Waals surface area contributed by atoms with Crippen LogP contribution in [0.2, 0.25) is 0 Å². The quantitative estimate of drug-likeness (QED) is 0.792. The van der Waals surface area contributed by atoms with Gasteiger partial charge < -0.3 is 10.1 Å². The lowest BCUT2D eigenvalue weighted by Gasteiger charge is -2.30. The molecule has 2 rings (SSSR count). The maximum absolute atomic E-state index is 11.8. The van der Waals surface area contributed by atoms with Crippen molar-refractivity contribution < 1.29 is 22.5 Å². The first-order valence-corrected chi connectivity index (χ1v) is 10.0. The second kappa shape index (κ2) is 7.74. The molecule has 0 radical (unpaired) electrons. The Bertz CT molecular complexity index is 683. The van der Waals surface area contributed by atoms with Crippen LogP contribution >= 0.6 is 0 Å². The topological polar surface area (TPSA) is 92.7 Å². The fraction of sp³-hybridized carbons (Fsp3) is 0.611. The lowest BCUT2D eigenvalue weighted by atomic mass is 9.82. The Morgan fingerprint density at radius 3 is 2.20 bits per heavy atom. The molecular weight excluding hydrogens is 342 g/mol. The molecular formula is C18H27NO5S. The Balaban J connectivity index is 1.80. The highest BCUT2D eigenvalue weighted by molar-refractivity contribution is 7.85. The van der Waals surface area contributed by atoms with E-state index >= 15 is 0 Å². The van der Waals surface area contributed by atoms with Gasteiger partial charge in [0.1, 0.15) is 5.60 Å². The number of rotatable bonds is 4. The molecule has 0 heterocycles. The molecule has 0 bridgehead atoms. The average Bonchev–Trinajstić information content (AvgIpc) is 2.47. The summed E-state index contributed by atoms with van der Waals surface area (Å²) in [6, 6.07) is 6.50. The SMILES string of the molecule is CC(C)(C)OC(=O)NC1CCC(Cc2ccc(S(=O)(=O)O)cc2)CC1. The maximum atomic E-state index is 11.8. The summed E-state index contributed by atoms with van der Waals surface area (Å²) < 4.78 is 36.4. The Morgan fingerprint density at radius 2 is 1.72 bits per heavy atom. The van der Waals surface area contributed by atoms with E-state index in [0.717, 1.165) is 37.7 Å². The van der Waals surface area contributed by atoms with Crippen LogP contribution in [0.25, 0.3) is 0 Å². The largest absolute Gasteiger partial charge is 0.444 e. The molecule has 25 heavy (non-hydrogen) atoms. The van der Waals surface area contributed by atoms with Gasteiger partial charge in [-0.15, -0.1) is 0 Å². The molecule has 1 aliphatic carbocycles. The first-order valence-electron chi connectivity index (χ1n) is 8.59. The van der Waals surface area contributed by atoms with Crippen LogP contribution in [-0.2, 0) is 21.3 Å². The van der Waals surface area contributed by atoms with Crippen molar-refractivity contribution in [3.05, 3.63) is 29.8 Å². The highest BCUT2D eigenvalue weighted by Crippen LogP contribution is 2.28. The molecule has 0 atom stereocenters. The first-order chi connectivity index (χ1) is 11.5. The molecule has 1 aromatic carbocycles. The van der Waals surface area contributed by atoms with Crippen LogP contribution in [0.3, 0.4) is 0 Å². The zero-order chi connectivity index (χ0) is 18.7. The van der Waals surface area contributed by atoms with E-state index in [4.69, 9.17) is 9.29 Å². The second-order valence-corrected chi connectivity index (χ2v) is 9.11. The number of hydrogen-bond donors (Lipinski definition) is 2. The molecule has 0 spiro atoms. The number of benzene rings is 1. The molecule has 0 aromatic heterocycles. The highest BCUT2D eigenvalue weighted by atomic mass is 32.2. The van der Waals surface area contributed by atoms with Gasteiger partial charge in [-0.05, 0) is 76.5 Å². The number of ether oxygens (including phenoxy) is 1. The number of alkyl carbamates (subject to hydrolysis) is 1. The lowest BCUT2D eigenvalue weighted by molar-refractivity contribution is 0.0487. The van der Waals surface area contributed by atoms with Gasteiger partial charge in [0.05, 0.1) is 4.90 Å². The van der Waals surface area contributed by atoms with Crippen LogP contribution in [-0.4, -0.2) is 30.7 Å². The predicted octanol–water partition coefficient (Wildman–Crippen LogP) is 3.56. The van der Waals surface area contributed by atoms with Crippen LogP contribution in [0.4, 0.5) is 4.79 Å². The zero-order valence-electron chi connectivity index (χ0n) is 15.0. The fourth-order valence-electron chi connectivity index (χ4n) is 3.12. The van der Waals surface area contributed by atoms with Crippen LogP contribution < -0.4 is 5.32 Å². The van der Waals surface area contributed by atoms with Gasteiger partial charge in [0.15, 0.2) is 0 Å². The van der Waals surface area contributed by atoms with Crippen LogP contribution in [0.15, 0.2) is 29.2 Å². The third-order valence-corrected chi connectivity index (χ3v) is 5.18. The molecule has 140 valence electrons. The molecule has 1 fully saturated rings. The number of nitrogens with one attached hydrogen (secondary N) is 1. The summed E-state index contributed by atoms with van der Waals surface area (Å²) in [7, 11) is -4.14. The molecule has 0 saturated heterocycles. The number of carbonyl (C=O) groups excluding carboxylic acids is 1. The third-order valence-electron chi connectivity index (χ3n) is 4.31. The summed E-state index contributed by atoms with van der Waals surface area (Å²) in [5, 5.41) is 2.93. The third kappa shape index (κ3) is 6.66. The van der Waals surface area contributed by atoms with Crippen molar-refractivity contribution in [2.45, 2.75) is 69.4 Å². The summed E-state index contributed by atoms with van der Waals surface area (Å²) in [5.41, 5.74) is 0.561. The molecule has 0 unspecified atom stereocenters. The lowest BCUT2D eigenvalue weighted by Crippen LogP contribution is -2.41. The number of amides is 1. The van der Waals surface area contributed by atoms with Crippen molar-refractivity contribution in [3.8, 4) is 0 Å². The maximum Gasteiger partial charge on any atom is 0.407 e. The van der Waals surface area contributed by atoms with Crippen LogP contribution in [0, 0.1) is 5.92 Å². The Hall–Kier alpha value is -1.60. The van der Waals surface area contributed by atoms with Gasteiger partial charge in [-0.3, -0.25) is 4.55 Å². The number of carbonyl (C=O) groups is 1. The van der Waals surface area contributed by atoms with Crippen molar-refractivity contribution in [1.82, 2.24) is 5.32 Å². The summed E-state index contributed by atoms with van der Waals surface area (Å²) >= 11 is 0. The minimum atomic E-state index is -4.14. The van der Waals surface area contributed by atoms with Crippen LogP contribution in [0.5, 0.6) is 0 Å². The van der Waals surface area contributed by atoms with E-state index in [9.17, 15) is 13.2 Å². The van der Waals surface area contributed by atoms with Crippen LogP contribution in [0.1, 0.15) is 52.0 Å². The average molecular weight is 369 g/mol. The van der Waals surface area contributed by atoms with E-state index in [0.29, 0.717) is 5.92 Å². The monoisotopic (exact) mass is 369 g/mol. The highest BCUT2D eigenvalue weighted by Gasteiger charge is 2.25. The van der Waals surface area contributed by atoms with Gasteiger partial charge >= 0.3 is 6.09 Å². The molecule has 1 saturated carbocycles. The zero-order valence-corrected chi connectivity index (χ0v) is 15.8. The summed E-state index contributed by atoms with van der Waals surface area (Å²) in [5.74, 6) is 0.508. The van der Waals surface area contributed by atoms with E-state index in [1.807, 2.05) is 20.8 Å². The Kier molecular flexibility index (Phi) is 6.11. The Morgan fingerprint density at radius 1 is 1.16 bits per heavy atom. The molecule has 7 heteroatoms. The van der Waals surface area contributed by atoms with Crippen molar-refractivity contribution in [1.29, 1.82) is 0 Å². The van der Waals surface area contributed by atoms with Gasteiger partial charge in [-0.2, -0.15) is 8.42 Å². The minimum absolute atomic E-state index is 0.0819. The summed E-state index contributed by atoms with van der Waals surface area (Å²) in [6.45, 7) is 5.53. The van der Waals surface area contributed by atoms with Gasteiger partial charge in [0.2, 0.25) is 0 Å². The minimum Gasteiger partial charge on any atom is -0.444 e. The van der Waals surface area contributed by atoms with Gasteiger partial charge in [0, 0.05) is 6.04 Å². The van der Waals surface area contributed by atoms with E-state index in [2.05, 4.69) is 5.32 Å². The van der Waals surface area contributed by atoms with E-state index in [-0.39, 0.29) is 17.0 Å². The fourth-order valence-corrected chi connectivity index (χ4v) is 3.60. The summed E-state index contributed by atoms with van der Waals surface area (Å²) in [6.07, 6.45) is 4.32. The molecule has 1 aromatic rings. The molecule has 1 aliphatic rings. The molecule has 1 amide bonds. The van der Waals surface area contributed by atoms with Gasteiger partial charge in [-0.1, -0.05) is 12.1 Å². The van der Waals surface area contributed by atoms with E-state index in [1.54, 1.807) is 12.1 Å². The molecule has 2 N–H and O–H groups in total. The Labute approximate surface area is 149 Å². The normalized spacial score (nSPS) is 21.6. The van der Waals surface area contributed by atoms with Crippen molar-refractivity contribution >= 4 is 16.2 Å². The standard InChI is InChI=1S/C18H27NO5S/c1-18(2,3)24-17(20)19-15-8-4-13(5-9-15)12-14-6-10-16(11-7-14)25(21,22)23/h6-7,10-11,13,15H,4-5,8-9,12H2,1-3H3,(H,19,20)(H,21,22,23). The summed E-state index contributed by atoms with van der Waals surface area (Å²) in [4.78, 5) is 11.7. The molecule has 6 nitrogen and oxygen atoms in total. The molecule has 0 aliphatic heterocycles. The van der Waals surface area contributed by atoms with Crippen molar-refractivity contribution in [2.24, 2.45) is 5.92 Å².